The maximum atomic E-state index is 13.2. The smallest absolute Gasteiger partial charge is 0.270 e. The monoisotopic (exact) mass is 488 g/mol. The summed E-state index contributed by atoms with van der Waals surface area (Å²) in [5.74, 6) is 1.19. The molecule has 0 aliphatic carbocycles. The van der Waals surface area contributed by atoms with E-state index < -0.39 is 0 Å². The lowest BCUT2D eigenvalue weighted by atomic mass is 9.98. The minimum absolute atomic E-state index is 0.134. The third-order valence-corrected chi connectivity index (χ3v) is 7.51. The van der Waals surface area contributed by atoms with Crippen LogP contribution in [-0.4, -0.2) is 53.0 Å². The molecule has 0 radical (unpaired) electrons. The van der Waals surface area contributed by atoms with Crippen LogP contribution in [0.5, 0.6) is 0 Å². The zero-order valence-corrected chi connectivity index (χ0v) is 21.5. The van der Waals surface area contributed by atoms with Crippen LogP contribution in [0.2, 0.25) is 0 Å². The van der Waals surface area contributed by atoms with Crippen molar-refractivity contribution in [3.63, 3.8) is 0 Å². The fraction of sp³-hybridized carbons (Fsp3) is 0.583. The molecule has 2 fully saturated rings. The van der Waals surface area contributed by atoms with E-state index in [-0.39, 0.29) is 17.0 Å². The molecule has 3 rings (SSSR count). The molecule has 33 heavy (non-hydrogen) atoms. The van der Waals surface area contributed by atoms with Crippen molar-refractivity contribution in [2.45, 2.75) is 53.0 Å². The van der Waals surface area contributed by atoms with Gasteiger partial charge in [0.2, 0.25) is 0 Å². The summed E-state index contributed by atoms with van der Waals surface area (Å²) in [5.41, 5.74) is 1.27. The van der Waals surface area contributed by atoms with Crippen molar-refractivity contribution < 1.29 is 9.53 Å². The number of nitrogens with zero attached hydrogens (tertiary/aromatic N) is 4. The molecule has 0 saturated carbocycles. The predicted octanol–water partition coefficient (Wildman–Crippen LogP) is 3.91. The quantitative estimate of drug-likeness (QED) is 0.312. The number of thiocarbonyl (C=S) groups is 1. The van der Waals surface area contributed by atoms with Crippen molar-refractivity contribution >= 4 is 46.1 Å². The second-order valence-electron chi connectivity index (χ2n) is 8.68. The van der Waals surface area contributed by atoms with Crippen molar-refractivity contribution in [1.29, 1.82) is 5.26 Å². The summed E-state index contributed by atoms with van der Waals surface area (Å²) in [6.07, 6.45) is 5.50. The van der Waals surface area contributed by atoms with Crippen LogP contribution in [0.3, 0.4) is 0 Å². The number of methoxy groups -OCH3 is 1. The van der Waals surface area contributed by atoms with E-state index in [1.165, 1.54) is 11.8 Å². The number of aromatic nitrogens is 1. The van der Waals surface area contributed by atoms with Crippen LogP contribution in [0.1, 0.15) is 56.2 Å². The highest BCUT2D eigenvalue weighted by atomic mass is 32.2. The summed E-state index contributed by atoms with van der Waals surface area (Å²) >= 11 is 6.75. The SMILES string of the molecule is CCCn1c(N2CCCC(C)C2)c(/C=C2\SC(=S)N(CCCOC)C2=O)c(C)c(C#N)c1=O. The summed E-state index contributed by atoms with van der Waals surface area (Å²) in [6.45, 7) is 9.31. The molecule has 0 aromatic carbocycles. The number of thioether (sulfide) groups is 1. The Hall–Kier alpha value is -2.15. The first kappa shape index (κ1) is 25.5. The Kier molecular flexibility index (Phi) is 8.74. The summed E-state index contributed by atoms with van der Waals surface area (Å²) in [7, 11) is 1.63. The van der Waals surface area contributed by atoms with Crippen LogP contribution in [0.4, 0.5) is 5.82 Å². The number of ether oxygens (including phenoxy) is 1. The van der Waals surface area contributed by atoms with Gasteiger partial charge in [-0.1, -0.05) is 37.8 Å². The van der Waals surface area contributed by atoms with Crippen LogP contribution < -0.4 is 10.5 Å². The van der Waals surface area contributed by atoms with E-state index in [0.29, 0.717) is 46.8 Å². The molecule has 2 saturated heterocycles. The van der Waals surface area contributed by atoms with Crippen molar-refractivity contribution in [3.05, 3.63) is 31.9 Å². The van der Waals surface area contributed by atoms with Crippen molar-refractivity contribution in [2.75, 3.05) is 38.3 Å². The van der Waals surface area contributed by atoms with Crippen LogP contribution in [0.25, 0.3) is 6.08 Å². The molecular formula is C24H32N4O3S2. The van der Waals surface area contributed by atoms with Gasteiger partial charge < -0.3 is 9.64 Å². The summed E-state index contributed by atoms with van der Waals surface area (Å²) in [6, 6.07) is 2.11. The number of hydrogen-bond acceptors (Lipinski definition) is 7. The maximum absolute atomic E-state index is 13.2. The summed E-state index contributed by atoms with van der Waals surface area (Å²) < 4.78 is 7.36. The molecule has 9 heteroatoms. The molecule has 1 atom stereocenters. The highest BCUT2D eigenvalue weighted by Gasteiger charge is 2.33. The molecule has 1 unspecified atom stereocenters. The first-order valence-electron chi connectivity index (χ1n) is 11.5. The minimum atomic E-state index is -0.255. The second kappa shape index (κ2) is 11.3. The number of pyridine rings is 1. The standard InChI is InChI=1S/C24H32N4O3S2/c1-5-9-27-21(26-10-6-8-16(2)15-26)18(17(3)19(14-25)22(27)29)13-20-23(30)28(24(32)33-20)11-7-12-31-4/h13,16H,5-12,15H2,1-4H3/b20-13-. The molecule has 7 nitrogen and oxygen atoms in total. The average molecular weight is 489 g/mol. The number of nitriles is 1. The number of amides is 1. The van der Waals surface area contributed by atoms with Gasteiger partial charge in [0.05, 0.1) is 4.91 Å². The van der Waals surface area contributed by atoms with Gasteiger partial charge in [-0.15, -0.1) is 0 Å². The zero-order chi connectivity index (χ0) is 24.1. The fourth-order valence-corrected chi connectivity index (χ4v) is 5.78. The molecule has 3 heterocycles. The lowest BCUT2D eigenvalue weighted by Gasteiger charge is -2.36. The van der Waals surface area contributed by atoms with Gasteiger partial charge in [-0.2, -0.15) is 5.26 Å². The average Bonchev–Trinajstić information content (AvgIpc) is 3.05. The minimum Gasteiger partial charge on any atom is -0.385 e. The third kappa shape index (κ3) is 5.34. The number of anilines is 1. The Morgan fingerprint density at radius 2 is 2.09 bits per heavy atom. The van der Waals surface area contributed by atoms with Crippen molar-refractivity contribution in [3.8, 4) is 6.07 Å². The number of piperidine rings is 1. The van der Waals surface area contributed by atoms with Gasteiger partial charge >= 0.3 is 0 Å². The van der Waals surface area contributed by atoms with Gasteiger partial charge in [0, 0.05) is 45.5 Å². The van der Waals surface area contributed by atoms with E-state index in [0.717, 1.165) is 43.7 Å². The maximum Gasteiger partial charge on any atom is 0.270 e. The molecule has 0 N–H and O–H groups in total. The molecular weight excluding hydrogens is 456 g/mol. The Labute approximate surface area is 205 Å². The molecule has 178 valence electrons. The van der Waals surface area contributed by atoms with Gasteiger partial charge in [-0.05, 0) is 50.2 Å². The first-order chi connectivity index (χ1) is 15.8. The number of carbonyl (C=O) groups excluding carboxylic acids is 1. The molecule has 1 amide bonds. The molecule has 2 aliphatic heterocycles. The van der Waals surface area contributed by atoms with E-state index in [2.05, 4.69) is 17.9 Å². The normalized spacial score (nSPS) is 20.1. The van der Waals surface area contributed by atoms with Gasteiger partial charge in [0.1, 0.15) is 21.8 Å². The van der Waals surface area contributed by atoms with E-state index in [9.17, 15) is 14.9 Å². The molecule has 0 bridgehead atoms. The van der Waals surface area contributed by atoms with E-state index in [4.69, 9.17) is 17.0 Å². The Bertz CT molecular complexity index is 1060. The molecule has 1 aromatic rings. The summed E-state index contributed by atoms with van der Waals surface area (Å²) in [5, 5.41) is 9.77. The number of carbonyl (C=O) groups is 1. The second-order valence-corrected chi connectivity index (χ2v) is 10.4. The van der Waals surface area contributed by atoms with E-state index in [1.807, 2.05) is 13.0 Å². The van der Waals surface area contributed by atoms with Gasteiger partial charge in [0.25, 0.3) is 11.5 Å². The Balaban J connectivity index is 2.15. The van der Waals surface area contributed by atoms with Crippen molar-refractivity contribution in [1.82, 2.24) is 9.47 Å². The highest BCUT2D eigenvalue weighted by Crippen LogP contribution is 2.36. The van der Waals surface area contributed by atoms with Crippen LogP contribution in [0, 0.1) is 24.2 Å². The lowest BCUT2D eigenvalue weighted by Crippen LogP contribution is -2.40. The van der Waals surface area contributed by atoms with E-state index >= 15 is 0 Å². The van der Waals surface area contributed by atoms with Gasteiger partial charge in [-0.25, -0.2) is 0 Å². The molecule has 0 spiro atoms. The van der Waals surface area contributed by atoms with Gasteiger partial charge in [0.15, 0.2) is 0 Å². The fourth-order valence-electron chi connectivity index (χ4n) is 4.49. The highest BCUT2D eigenvalue weighted by molar-refractivity contribution is 8.26. The number of rotatable bonds is 8. The first-order valence-corrected chi connectivity index (χ1v) is 12.7. The Morgan fingerprint density at radius 1 is 1.33 bits per heavy atom. The predicted molar refractivity (Wildman–Crippen MR) is 137 cm³/mol. The Morgan fingerprint density at radius 3 is 2.73 bits per heavy atom. The molecule has 2 aliphatic rings. The van der Waals surface area contributed by atoms with Crippen LogP contribution in [0.15, 0.2) is 9.70 Å². The zero-order valence-electron chi connectivity index (χ0n) is 19.8. The summed E-state index contributed by atoms with van der Waals surface area (Å²) in [4.78, 5) is 30.8. The van der Waals surface area contributed by atoms with Crippen LogP contribution in [-0.2, 0) is 16.1 Å². The van der Waals surface area contributed by atoms with Crippen molar-refractivity contribution in [2.24, 2.45) is 5.92 Å². The topological polar surface area (TPSA) is 78.6 Å². The lowest BCUT2D eigenvalue weighted by molar-refractivity contribution is -0.122. The third-order valence-electron chi connectivity index (χ3n) is 6.13. The molecule has 1 aromatic heterocycles. The van der Waals surface area contributed by atoms with Gasteiger partial charge in [-0.3, -0.25) is 19.1 Å². The largest absolute Gasteiger partial charge is 0.385 e. The van der Waals surface area contributed by atoms with E-state index in [1.54, 1.807) is 23.5 Å². The van der Waals surface area contributed by atoms with Crippen LogP contribution >= 0.6 is 24.0 Å². The number of hydrogen-bond donors (Lipinski definition) is 0.